The molecule has 29 heavy (non-hydrogen) atoms. The summed E-state index contributed by atoms with van der Waals surface area (Å²) >= 11 is 0. The fourth-order valence-corrected chi connectivity index (χ4v) is 4.05. The molecule has 0 spiro atoms. The highest BCUT2D eigenvalue weighted by molar-refractivity contribution is 6.22. The molecule has 1 fully saturated rings. The van der Waals surface area contributed by atoms with E-state index in [-0.39, 0.29) is 42.7 Å². The molecule has 2 heterocycles. The summed E-state index contributed by atoms with van der Waals surface area (Å²) in [6, 6.07) is 14.4. The molecule has 1 atom stereocenters. The third-order valence-corrected chi connectivity index (χ3v) is 5.48. The van der Waals surface area contributed by atoms with Gasteiger partial charge in [0.15, 0.2) is 0 Å². The van der Waals surface area contributed by atoms with Gasteiger partial charge < -0.3 is 10.2 Å². The summed E-state index contributed by atoms with van der Waals surface area (Å²) in [5.74, 6) is -0.730. The zero-order chi connectivity index (χ0) is 19.7. The minimum Gasteiger partial charge on any atom is -0.334 e. The molecule has 1 N–H and O–H groups in total. The SMILES string of the molecule is CNCC1CCCN1C(=O)c1ccc2c(c1)C(=O)N(Cc1ccccc1)C2=O.Cl. The quantitative estimate of drug-likeness (QED) is 0.765. The number of amides is 3. The average Bonchev–Trinajstić information content (AvgIpc) is 3.27. The number of benzene rings is 2. The van der Waals surface area contributed by atoms with E-state index < -0.39 is 0 Å². The Kier molecular flexibility index (Phi) is 6.35. The molecule has 1 saturated heterocycles. The maximum Gasteiger partial charge on any atom is 0.261 e. The van der Waals surface area contributed by atoms with Crippen molar-refractivity contribution in [3.8, 4) is 0 Å². The summed E-state index contributed by atoms with van der Waals surface area (Å²) in [6.45, 7) is 1.70. The van der Waals surface area contributed by atoms with Crippen LogP contribution >= 0.6 is 12.4 Å². The Morgan fingerprint density at radius 2 is 1.79 bits per heavy atom. The molecule has 0 radical (unpaired) electrons. The van der Waals surface area contributed by atoms with E-state index in [9.17, 15) is 14.4 Å². The first-order valence-electron chi connectivity index (χ1n) is 9.60. The second-order valence-electron chi connectivity index (χ2n) is 7.29. The number of hydrogen-bond acceptors (Lipinski definition) is 4. The fraction of sp³-hybridized carbons (Fsp3) is 0.318. The molecular formula is C22H24ClN3O3. The number of nitrogens with one attached hydrogen (secondary N) is 1. The second-order valence-corrected chi connectivity index (χ2v) is 7.29. The van der Waals surface area contributed by atoms with Gasteiger partial charge in [-0.25, -0.2) is 0 Å². The predicted molar refractivity (Wildman–Crippen MR) is 112 cm³/mol. The van der Waals surface area contributed by atoms with Gasteiger partial charge in [0.1, 0.15) is 0 Å². The first-order valence-corrected chi connectivity index (χ1v) is 9.60. The van der Waals surface area contributed by atoms with Gasteiger partial charge in [0, 0.05) is 24.7 Å². The van der Waals surface area contributed by atoms with E-state index >= 15 is 0 Å². The van der Waals surface area contributed by atoms with Crippen LogP contribution in [0, 0.1) is 0 Å². The highest BCUT2D eigenvalue weighted by Crippen LogP contribution is 2.27. The van der Waals surface area contributed by atoms with E-state index in [4.69, 9.17) is 0 Å². The average molecular weight is 414 g/mol. The molecule has 0 bridgehead atoms. The van der Waals surface area contributed by atoms with Gasteiger partial charge in [-0.1, -0.05) is 30.3 Å². The molecule has 2 aliphatic rings. The van der Waals surface area contributed by atoms with E-state index in [1.165, 1.54) is 4.90 Å². The normalized spacial score (nSPS) is 18.0. The van der Waals surface area contributed by atoms with Crippen LogP contribution in [0.15, 0.2) is 48.5 Å². The van der Waals surface area contributed by atoms with Crippen LogP contribution in [0.4, 0.5) is 0 Å². The number of halogens is 1. The van der Waals surface area contributed by atoms with Gasteiger partial charge in [0.25, 0.3) is 17.7 Å². The monoisotopic (exact) mass is 413 g/mol. The fourth-order valence-electron chi connectivity index (χ4n) is 4.05. The lowest BCUT2D eigenvalue weighted by atomic mass is 10.0. The van der Waals surface area contributed by atoms with E-state index in [1.54, 1.807) is 18.2 Å². The Bertz CT molecular complexity index is 932. The first-order chi connectivity index (χ1) is 13.6. The molecule has 0 aliphatic carbocycles. The number of fused-ring (bicyclic) bond motifs is 1. The highest BCUT2D eigenvalue weighted by Gasteiger charge is 2.37. The van der Waals surface area contributed by atoms with E-state index in [0.29, 0.717) is 16.7 Å². The van der Waals surface area contributed by atoms with Crippen molar-refractivity contribution >= 4 is 30.1 Å². The van der Waals surface area contributed by atoms with Gasteiger partial charge in [0.2, 0.25) is 0 Å². The number of imide groups is 1. The summed E-state index contributed by atoms with van der Waals surface area (Å²) in [7, 11) is 1.88. The Hall–Kier alpha value is -2.70. The standard InChI is InChI=1S/C22H23N3O3.ClH/c1-23-13-17-8-5-11-24(17)20(26)16-9-10-18-19(12-16)22(28)25(21(18)27)14-15-6-3-2-4-7-15;/h2-4,6-7,9-10,12,17,23H,5,8,11,13-14H2,1H3;1H. The van der Waals surface area contributed by atoms with Gasteiger partial charge in [-0.15, -0.1) is 12.4 Å². The first kappa shape index (κ1) is 21.0. The molecule has 2 aromatic rings. The summed E-state index contributed by atoms with van der Waals surface area (Å²) in [5.41, 5.74) is 2.03. The van der Waals surface area contributed by atoms with Crippen molar-refractivity contribution in [1.82, 2.24) is 15.1 Å². The second kappa shape index (κ2) is 8.76. The van der Waals surface area contributed by atoms with Crippen molar-refractivity contribution in [3.05, 3.63) is 70.8 Å². The lowest BCUT2D eigenvalue weighted by Gasteiger charge is -2.24. The van der Waals surface area contributed by atoms with Crippen molar-refractivity contribution in [2.24, 2.45) is 0 Å². The molecule has 0 aromatic heterocycles. The zero-order valence-electron chi connectivity index (χ0n) is 16.3. The third-order valence-electron chi connectivity index (χ3n) is 5.48. The van der Waals surface area contributed by atoms with Crippen LogP contribution in [0.25, 0.3) is 0 Å². The van der Waals surface area contributed by atoms with Crippen LogP contribution < -0.4 is 5.32 Å². The summed E-state index contributed by atoms with van der Waals surface area (Å²) in [4.78, 5) is 41.6. The van der Waals surface area contributed by atoms with Crippen LogP contribution in [-0.4, -0.2) is 53.7 Å². The Balaban J connectivity index is 0.00000240. The molecule has 6 nitrogen and oxygen atoms in total. The smallest absolute Gasteiger partial charge is 0.261 e. The summed E-state index contributed by atoms with van der Waals surface area (Å²) < 4.78 is 0. The molecular weight excluding hydrogens is 390 g/mol. The summed E-state index contributed by atoms with van der Waals surface area (Å²) in [6.07, 6.45) is 1.95. The van der Waals surface area contributed by atoms with Gasteiger partial charge in [0.05, 0.1) is 17.7 Å². The molecule has 3 amide bonds. The lowest BCUT2D eigenvalue weighted by molar-refractivity contribution is 0.0641. The van der Waals surface area contributed by atoms with E-state index in [0.717, 1.165) is 31.5 Å². The number of nitrogens with zero attached hydrogens (tertiary/aromatic N) is 2. The highest BCUT2D eigenvalue weighted by atomic mass is 35.5. The van der Waals surface area contributed by atoms with Crippen LogP contribution in [0.1, 0.15) is 49.5 Å². The van der Waals surface area contributed by atoms with E-state index in [1.807, 2.05) is 42.3 Å². The van der Waals surface area contributed by atoms with Gasteiger partial charge in [-0.3, -0.25) is 19.3 Å². The van der Waals surface area contributed by atoms with E-state index in [2.05, 4.69) is 5.32 Å². The molecule has 1 unspecified atom stereocenters. The summed E-state index contributed by atoms with van der Waals surface area (Å²) in [5, 5.41) is 3.13. The Morgan fingerprint density at radius 1 is 1.07 bits per heavy atom. The topological polar surface area (TPSA) is 69.7 Å². The molecule has 7 heteroatoms. The van der Waals surface area contributed by atoms with Crippen LogP contribution in [0.5, 0.6) is 0 Å². The van der Waals surface area contributed by atoms with Gasteiger partial charge >= 0.3 is 0 Å². The minimum absolute atomic E-state index is 0. The van der Waals surface area contributed by atoms with Crippen LogP contribution in [0.3, 0.4) is 0 Å². The van der Waals surface area contributed by atoms with Crippen LogP contribution in [0.2, 0.25) is 0 Å². The molecule has 2 aromatic carbocycles. The number of hydrogen-bond donors (Lipinski definition) is 1. The van der Waals surface area contributed by atoms with Crippen molar-refractivity contribution in [1.29, 1.82) is 0 Å². The number of carbonyl (C=O) groups excluding carboxylic acids is 3. The third kappa shape index (κ3) is 3.91. The Labute approximate surface area is 176 Å². The zero-order valence-corrected chi connectivity index (χ0v) is 17.1. The maximum absolute atomic E-state index is 13.0. The maximum atomic E-state index is 13.0. The predicted octanol–water partition coefficient (Wildman–Crippen LogP) is 2.73. The number of rotatable bonds is 5. The van der Waals surface area contributed by atoms with Gasteiger partial charge in [-0.2, -0.15) is 0 Å². The van der Waals surface area contributed by atoms with Gasteiger partial charge in [-0.05, 0) is 43.7 Å². The van der Waals surface area contributed by atoms with Crippen molar-refractivity contribution < 1.29 is 14.4 Å². The van der Waals surface area contributed by atoms with Crippen LogP contribution in [-0.2, 0) is 6.54 Å². The molecule has 0 saturated carbocycles. The lowest BCUT2D eigenvalue weighted by Crippen LogP contribution is -2.40. The number of likely N-dealkylation sites (N-methyl/N-ethyl adjacent to an activating group) is 1. The molecule has 4 rings (SSSR count). The van der Waals surface area contributed by atoms with Crippen molar-refractivity contribution in [2.45, 2.75) is 25.4 Å². The van der Waals surface area contributed by atoms with Crippen molar-refractivity contribution in [2.75, 3.05) is 20.1 Å². The van der Waals surface area contributed by atoms with Crippen molar-refractivity contribution in [3.63, 3.8) is 0 Å². The number of likely N-dealkylation sites (tertiary alicyclic amines) is 1. The molecule has 152 valence electrons. The number of carbonyl (C=O) groups is 3. The molecule has 2 aliphatic heterocycles. The minimum atomic E-state index is -0.341. The Morgan fingerprint density at radius 3 is 2.52 bits per heavy atom. The largest absolute Gasteiger partial charge is 0.334 e.